The van der Waals surface area contributed by atoms with Gasteiger partial charge in [-0.2, -0.15) is 0 Å². The maximum absolute atomic E-state index is 12.2. The molecule has 0 radical (unpaired) electrons. The van der Waals surface area contributed by atoms with Crippen molar-refractivity contribution in [1.29, 1.82) is 0 Å². The highest BCUT2D eigenvalue weighted by molar-refractivity contribution is 5.90. The van der Waals surface area contributed by atoms with Gasteiger partial charge in [-0.3, -0.25) is 0 Å². The van der Waals surface area contributed by atoms with Crippen molar-refractivity contribution in [3.05, 3.63) is 29.8 Å². The van der Waals surface area contributed by atoms with Crippen LogP contribution in [0.5, 0.6) is 0 Å². The molecule has 1 aromatic rings. The number of ether oxygens (including phenoxy) is 2. The molecule has 1 aliphatic carbocycles. The van der Waals surface area contributed by atoms with Crippen LogP contribution in [0.1, 0.15) is 49.9 Å². The molecule has 1 saturated carbocycles. The van der Waals surface area contributed by atoms with Crippen LogP contribution in [0.3, 0.4) is 0 Å². The van der Waals surface area contributed by atoms with Gasteiger partial charge in [-0.25, -0.2) is 14.6 Å². The highest BCUT2D eigenvalue weighted by atomic mass is 16.6. The number of nitrogen functional groups attached to an aromatic ring is 1. The fourth-order valence-electron chi connectivity index (χ4n) is 2.50. The first-order valence-electron chi connectivity index (χ1n) is 8.50. The Morgan fingerprint density at radius 2 is 1.81 bits per heavy atom. The smallest absolute Gasteiger partial charge is 0.338 e. The Balaban J connectivity index is 1.76. The summed E-state index contributed by atoms with van der Waals surface area (Å²) in [6.07, 6.45) is 2.27. The van der Waals surface area contributed by atoms with Crippen LogP contribution in [-0.2, 0) is 14.3 Å². The lowest BCUT2D eigenvalue weighted by Gasteiger charge is -2.25. The molecule has 0 spiro atoms. The van der Waals surface area contributed by atoms with Gasteiger partial charge in [-0.15, -0.1) is 0 Å². The summed E-state index contributed by atoms with van der Waals surface area (Å²) >= 11 is 0. The third-order valence-electron chi connectivity index (χ3n) is 4.12. The summed E-state index contributed by atoms with van der Waals surface area (Å²) in [6, 6.07) is 6.53. The summed E-state index contributed by atoms with van der Waals surface area (Å²) in [7, 11) is 0. The molecule has 8 heteroatoms. The molecule has 1 aromatic carbocycles. The van der Waals surface area contributed by atoms with Crippen LogP contribution in [-0.4, -0.2) is 35.6 Å². The van der Waals surface area contributed by atoms with E-state index in [1.54, 1.807) is 24.3 Å². The molecule has 1 aliphatic rings. The molecule has 0 atom stereocenters. The second kappa shape index (κ2) is 7.63. The molecular weight excluding hydrogens is 336 g/mol. The number of aliphatic imine (C=N–C) groups is 1. The topological polar surface area (TPSA) is 143 Å². The van der Waals surface area contributed by atoms with Gasteiger partial charge in [0.15, 0.2) is 11.5 Å². The van der Waals surface area contributed by atoms with E-state index in [-0.39, 0.29) is 12.6 Å². The molecular formula is C18H26N4O4. The van der Waals surface area contributed by atoms with Crippen molar-refractivity contribution in [2.75, 3.05) is 12.3 Å². The number of esters is 2. The van der Waals surface area contributed by atoms with Crippen molar-refractivity contribution >= 4 is 23.6 Å². The van der Waals surface area contributed by atoms with E-state index in [1.807, 2.05) is 13.8 Å². The van der Waals surface area contributed by atoms with E-state index in [2.05, 4.69) is 4.99 Å². The average molecular weight is 362 g/mol. The average Bonchev–Trinajstić information content (AvgIpc) is 3.31. The molecule has 8 nitrogen and oxygen atoms in total. The molecule has 0 bridgehead atoms. The summed E-state index contributed by atoms with van der Waals surface area (Å²) in [5.41, 5.74) is 15.7. The molecule has 0 saturated heterocycles. The van der Waals surface area contributed by atoms with E-state index in [1.165, 1.54) is 0 Å². The van der Waals surface area contributed by atoms with Crippen molar-refractivity contribution in [3.63, 3.8) is 0 Å². The number of hydrogen-bond acceptors (Lipinski definition) is 6. The molecule has 0 unspecified atom stereocenters. The third-order valence-corrected chi connectivity index (χ3v) is 4.12. The van der Waals surface area contributed by atoms with Gasteiger partial charge in [0.1, 0.15) is 5.60 Å². The van der Waals surface area contributed by atoms with E-state index in [0.29, 0.717) is 36.9 Å². The number of rotatable bonds is 8. The number of carbonyl (C=O) groups is 2. The molecule has 142 valence electrons. The molecule has 0 amide bonds. The largest absolute Gasteiger partial charge is 0.464 e. The monoisotopic (exact) mass is 362 g/mol. The van der Waals surface area contributed by atoms with Crippen molar-refractivity contribution in [2.45, 2.75) is 50.7 Å². The maximum Gasteiger partial charge on any atom is 0.338 e. The van der Waals surface area contributed by atoms with Gasteiger partial charge in [-0.05, 0) is 63.8 Å². The van der Waals surface area contributed by atoms with Crippen LogP contribution in [0.2, 0.25) is 0 Å². The van der Waals surface area contributed by atoms with Crippen LogP contribution >= 0.6 is 0 Å². The number of benzene rings is 1. The lowest BCUT2D eigenvalue weighted by molar-refractivity contribution is -0.146. The first kappa shape index (κ1) is 19.6. The number of hydrogen-bond donors (Lipinski definition) is 3. The second-order valence-electron chi connectivity index (χ2n) is 7.08. The Bertz CT molecular complexity index is 690. The zero-order valence-corrected chi connectivity index (χ0v) is 15.2. The molecule has 2 rings (SSSR count). The van der Waals surface area contributed by atoms with Gasteiger partial charge >= 0.3 is 11.9 Å². The van der Waals surface area contributed by atoms with Crippen LogP contribution in [0.4, 0.5) is 5.69 Å². The lowest BCUT2D eigenvalue weighted by Crippen LogP contribution is -2.32. The van der Waals surface area contributed by atoms with E-state index in [9.17, 15) is 9.59 Å². The highest BCUT2D eigenvalue weighted by Crippen LogP contribution is 2.40. The first-order valence-corrected chi connectivity index (χ1v) is 8.50. The molecule has 6 N–H and O–H groups in total. The predicted molar refractivity (Wildman–Crippen MR) is 98.3 cm³/mol. The summed E-state index contributed by atoms with van der Waals surface area (Å²) in [6.45, 7) is 3.83. The van der Waals surface area contributed by atoms with Gasteiger partial charge in [0.05, 0.1) is 12.2 Å². The minimum atomic E-state index is -0.893. The van der Waals surface area contributed by atoms with Crippen LogP contribution in [0, 0.1) is 0 Å². The van der Waals surface area contributed by atoms with E-state index < -0.39 is 23.1 Å². The molecule has 0 aliphatic heterocycles. The van der Waals surface area contributed by atoms with E-state index >= 15 is 0 Å². The van der Waals surface area contributed by atoms with Crippen molar-refractivity contribution in [3.8, 4) is 0 Å². The molecule has 0 heterocycles. The summed E-state index contributed by atoms with van der Waals surface area (Å²) in [5, 5.41) is 0. The van der Waals surface area contributed by atoms with Gasteiger partial charge in [0.2, 0.25) is 0 Å². The zero-order chi connectivity index (χ0) is 19.4. The Morgan fingerprint density at radius 1 is 1.19 bits per heavy atom. The number of nitrogens with zero attached hydrogens (tertiary/aromatic N) is 1. The predicted octanol–water partition coefficient (Wildman–Crippen LogP) is 1.33. The van der Waals surface area contributed by atoms with Crippen LogP contribution in [0.15, 0.2) is 29.3 Å². The van der Waals surface area contributed by atoms with Gasteiger partial charge in [0, 0.05) is 5.69 Å². The Morgan fingerprint density at radius 3 is 2.35 bits per heavy atom. The van der Waals surface area contributed by atoms with Gasteiger partial charge in [0.25, 0.3) is 0 Å². The Hall–Kier alpha value is -2.77. The molecule has 0 aromatic heterocycles. The Kier molecular flexibility index (Phi) is 5.74. The second-order valence-corrected chi connectivity index (χ2v) is 7.08. The van der Waals surface area contributed by atoms with Crippen molar-refractivity contribution < 1.29 is 19.1 Å². The van der Waals surface area contributed by atoms with E-state index in [0.717, 1.165) is 0 Å². The van der Waals surface area contributed by atoms with Gasteiger partial charge < -0.3 is 26.7 Å². The maximum atomic E-state index is 12.2. The zero-order valence-electron chi connectivity index (χ0n) is 15.2. The number of nitrogens with two attached hydrogens (primary N) is 3. The number of carbonyl (C=O) groups excluding carboxylic acids is 2. The quantitative estimate of drug-likeness (QED) is 0.208. The van der Waals surface area contributed by atoms with Gasteiger partial charge in [-0.1, -0.05) is 0 Å². The summed E-state index contributed by atoms with van der Waals surface area (Å²) < 4.78 is 10.8. The standard InChI is InChI=1S/C18H26N4O4/c1-17(2,26-14(23)12-4-6-13(19)7-5-12)8-3-11-25-15(24)18(9-10-18)22-16(20)21/h4-7H,3,8-11,19H2,1-2H3,(H4,20,21,22). The van der Waals surface area contributed by atoms with Crippen molar-refractivity contribution in [1.82, 2.24) is 0 Å². The van der Waals surface area contributed by atoms with Crippen molar-refractivity contribution in [2.24, 2.45) is 16.5 Å². The first-order chi connectivity index (χ1) is 12.1. The fraction of sp³-hybridized carbons (Fsp3) is 0.500. The fourth-order valence-corrected chi connectivity index (χ4v) is 2.50. The summed E-state index contributed by atoms with van der Waals surface area (Å²) in [4.78, 5) is 28.2. The normalized spacial score (nSPS) is 15.0. The number of anilines is 1. The Labute approximate surface area is 152 Å². The van der Waals surface area contributed by atoms with Crippen LogP contribution in [0.25, 0.3) is 0 Å². The lowest BCUT2D eigenvalue weighted by atomic mass is 10.0. The third kappa shape index (κ3) is 5.37. The van der Waals surface area contributed by atoms with E-state index in [4.69, 9.17) is 26.7 Å². The number of guanidine groups is 1. The molecule has 1 fully saturated rings. The summed E-state index contributed by atoms with van der Waals surface area (Å²) in [5.74, 6) is -0.950. The minimum absolute atomic E-state index is 0.116. The molecule has 26 heavy (non-hydrogen) atoms. The SMILES string of the molecule is CC(C)(CCCOC(=O)C1(N=C(N)N)CC1)OC(=O)c1ccc(N)cc1. The highest BCUT2D eigenvalue weighted by Gasteiger charge is 2.52. The minimum Gasteiger partial charge on any atom is -0.464 e. The van der Waals surface area contributed by atoms with Crippen LogP contribution < -0.4 is 17.2 Å².